The molecule has 2 aromatic rings. The van der Waals surface area contributed by atoms with E-state index in [9.17, 15) is 0 Å². The quantitative estimate of drug-likeness (QED) is 0.860. The molecule has 1 atom stereocenters. The summed E-state index contributed by atoms with van der Waals surface area (Å²) in [5.41, 5.74) is 2.20. The van der Waals surface area contributed by atoms with Crippen LogP contribution in [0.4, 0.5) is 0 Å². The molecule has 0 saturated heterocycles. The second-order valence-corrected chi connectivity index (χ2v) is 4.61. The lowest BCUT2D eigenvalue weighted by Gasteiger charge is -2.13. The number of aliphatic hydroxyl groups is 1. The predicted molar refractivity (Wildman–Crippen MR) is 70.0 cm³/mol. The minimum Gasteiger partial charge on any atom is -0.396 e. The van der Waals surface area contributed by atoms with E-state index in [1.54, 1.807) is 0 Å². The summed E-state index contributed by atoms with van der Waals surface area (Å²) >= 11 is 0. The van der Waals surface area contributed by atoms with Crippen LogP contribution >= 0.6 is 0 Å². The number of para-hydroxylation sites is 2. The van der Waals surface area contributed by atoms with E-state index in [2.05, 4.69) is 29.5 Å². The molecule has 1 aromatic carbocycles. The Kier molecular flexibility index (Phi) is 3.79. The van der Waals surface area contributed by atoms with E-state index in [0.717, 1.165) is 24.3 Å². The molecule has 1 aromatic heterocycles. The summed E-state index contributed by atoms with van der Waals surface area (Å²) in [6.45, 7) is 5.59. The van der Waals surface area contributed by atoms with Crippen LogP contribution in [0.15, 0.2) is 24.3 Å². The van der Waals surface area contributed by atoms with Crippen molar-refractivity contribution in [2.45, 2.75) is 33.2 Å². The smallest absolute Gasteiger partial charge is 0.112 e. The standard InChI is InChI=1S/C14H20N2O/c1-3-11(2)10-16-13-7-5-4-6-12(13)15-14(16)8-9-17/h4-7,11,17H,3,8-10H2,1-2H3/t11-/m0/s1. The molecule has 0 radical (unpaired) electrons. The third-order valence-electron chi connectivity index (χ3n) is 3.26. The molecule has 0 aliphatic carbocycles. The number of hydrogen-bond donors (Lipinski definition) is 1. The van der Waals surface area contributed by atoms with Crippen LogP contribution in [-0.4, -0.2) is 21.3 Å². The van der Waals surface area contributed by atoms with Crippen molar-refractivity contribution in [2.75, 3.05) is 6.61 Å². The first-order valence-electron chi connectivity index (χ1n) is 6.31. The van der Waals surface area contributed by atoms with Gasteiger partial charge < -0.3 is 9.67 Å². The highest BCUT2D eigenvalue weighted by atomic mass is 16.3. The second-order valence-electron chi connectivity index (χ2n) is 4.61. The van der Waals surface area contributed by atoms with Crippen LogP contribution in [0.2, 0.25) is 0 Å². The average Bonchev–Trinajstić information content (AvgIpc) is 2.68. The van der Waals surface area contributed by atoms with Gasteiger partial charge in [0.2, 0.25) is 0 Å². The predicted octanol–water partition coefficient (Wildman–Crippen LogP) is 2.62. The lowest BCUT2D eigenvalue weighted by molar-refractivity contribution is 0.293. The molecule has 17 heavy (non-hydrogen) atoms. The molecule has 0 fully saturated rings. The van der Waals surface area contributed by atoms with E-state index in [-0.39, 0.29) is 6.61 Å². The fraction of sp³-hybridized carbons (Fsp3) is 0.500. The summed E-state index contributed by atoms with van der Waals surface area (Å²) in [5.74, 6) is 1.62. The van der Waals surface area contributed by atoms with Gasteiger partial charge in [-0.15, -0.1) is 0 Å². The van der Waals surface area contributed by atoms with Crippen molar-refractivity contribution in [3.8, 4) is 0 Å². The fourth-order valence-electron chi connectivity index (χ4n) is 2.06. The van der Waals surface area contributed by atoms with Crippen molar-refractivity contribution < 1.29 is 5.11 Å². The molecule has 0 unspecified atom stereocenters. The Hall–Kier alpha value is -1.35. The van der Waals surface area contributed by atoms with Crippen LogP contribution in [0.3, 0.4) is 0 Å². The highest BCUT2D eigenvalue weighted by molar-refractivity contribution is 5.75. The van der Waals surface area contributed by atoms with Gasteiger partial charge in [-0.05, 0) is 18.1 Å². The zero-order chi connectivity index (χ0) is 12.3. The highest BCUT2D eigenvalue weighted by Gasteiger charge is 2.11. The molecule has 1 heterocycles. The van der Waals surface area contributed by atoms with Crippen molar-refractivity contribution in [3.05, 3.63) is 30.1 Å². The van der Waals surface area contributed by atoms with Crippen LogP contribution in [-0.2, 0) is 13.0 Å². The molecule has 0 aliphatic rings. The Morgan fingerprint density at radius 3 is 2.82 bits per heavy atom. The van der Waals surface area contributed by atoms with Gasteiger partial charge in [0.15, 0.2) is 0 Å². The molecule has 0 spiro atoms. The number of imidazole rings is 1. The van der Waals surface area contributed by atoms with Crippen molar-refractivity contribution in [1.29, 1.82) is 0 Å². The first kappa shape index (κ1) is 12.1. The number of benzene rings is 1. The maximum atomic E-state index is 9.11. The number of hydrogen-bond acceptors (Lipinski definition) is 2. The molecular formula is C14H20N2O. The Labute approximate surface area is 102 Å². The zero-order valence-electron chi connectivity index (χ0n) is 10.6. The molecule has 3 nitrogen and oxygen atoms in total. The second kappa shape index (κ2) is 5.32. The maximum absolute atomic E-state index is 9.11. The normalized spacial score (nSPS) is 13.1. The molecule has 3 heteroatoms. The third-order valence-corrected chi connectivity index (χ3v) is 3.26. The van der Waals surface area contributed by atoms with Crippen LogP contribution < -0.4 is 0 Å². The summed E-state index contributed by atoms with van der Waals surface area (Å²) in [7, 11) is 0. The molecule has 0 aliphatic heterocycles. The van der Waals surface area contributed by atoms with Gasteiger partial charge in [-0.2, -0.15) is 0 Å². The Morgan fingerprint density at radius 1 is 1.35 bits per heavy atom. The van der Waals surface area contributed by atoms with Crippen molar-refractivity contribution in [2.24, 2.45) is 5.92 Å². The van der Waals surface area contributed by atoms with Crippen molar-refractivity contribution in [3.63, 3.8) is 0 Å². The van der Waals surface area contributed by atoms with Gasteiger partial charge in [-0.3, -0.25) is 0 Å². The summed E-state index contributed by atoms with van der Waals surface area (Å²) in [6.07, 6.45) is 1.79. The van der Waals surface area contributed by atoms with Crippen molar-refractivity contribution in [1.82, 2.24) is 9.55 Å². The molecule has 1 N–H and O–H groups in total. The first-order valence-corrected chi connectivity index (χ1v) is 6.31. The lowest BCUT2D eigenvalue weighted by Crippen LogP contribution is -2.11. The summed E-state index contributed by atoms with van der Waals surface area (Å²) in [6, 6.07) is 8.18. The van der Waals surface area contributed by atoms with Gasteiger partial charge in [0.1, 0.15) is 5.82 Å². The molecule has 2 rings (SSSR count). The minimum atomic E-state index is 0.157. The van der Waals surface area contributed by atoms with Crippen LogP contribution in [0.25, 0.3) is 11.0 Å². The van der Waals surface area contributed by atoms with Crippen LogP contribution in [0.5, 0.6) is 0 Å². The fourth-order valence-corrected chi connectivity index (χ4v) is 2.06. The molecular weight excluding hydrogens is 212 g/mol. The molecule has 0 bridgehead atoms. The Balaban J connectivity index is 2.44. The van der Waals surface area contributed by atoms with E-state index in [4.69, 9.17) is 5.11 Å². The van der Waals surface area contributed by atoms with Crippen LogP contribution in [0, 0.1) is 5.92 Å². The largest absolute Gasteiger partial charge is 0.396 e. The topological polar surface area (TPSA) is 38.0 Å². The van der Waals surface area contributed by atoms with Gasteiger partial charge in [0, 0.05) is 13.0 Å². The zero-order valence-corrected chi connectivity index (χ0v) is 10.6. The van der Waals surface area contributed by atoms with Gasteiger partial charge in [-0.25, -0.2) is 4.98 Å². The number of fused-ring (bicyclic) bond motifs is 1. The van der Waals surface area contributed by atoms with E-state index in [0.29, 0.717) is 12.3 Å². The lowest BCUT2D eigenvalue weighted by atomic mass is 10.1. The first-order chi connectivity index (χ1) is 8.26. The maximum Gasteiger partial charge on any atom is 0.112 e. The average molecular weight is 232 g/mol. The van der Waals surface area contributed by atoms with Gasteiger partial charge in [0.05, 0.1) is 17.6 Å². The number of aromatic nitrogens is 2. The molecule has 92 valence electrons. The molecule has 0 saturated carbocycles. The minimum absolute atomic E-state index is 0.157. The SMILES string of the molecule is CC[C@H](C)Cn1c(CCO)nc2ccccc21. The van der Waals surface area contributed by atoms with E-state index in [1.165, 1.54) is 5.52 Å². The summed E-state index contributed by atoms with van der Waals surface area (Å²) < 4.78 is 2.25. The number of nitrogens with zero attached hydrogens (tertiary/aromatic N) is 2. The third kappa shape index (κ3) is 2.50. The highest BCUT2D eigenvalue weighted by Crippen LogP contribution is 2.19. The van der Waals surface area contributed by atoms with Gasteiger partial charge in [0.25, 0.3) is 0 Å². The Morgan fingerprint density at radius 2 is 2.12 bits per heavy atom. The summed E-state index contributed by atoms with van der Waals surface area (Å²) in [4.78, 5) is 4.59. The van der Waals surface area contributed by atoms with E-state index >= 15 is 0 Å². The van der Waals surface area contributed by atoms with Crippen LogP contribution in [0.1, 0.15) is 26.1 Å². The summed E-state index contributed by atoms with van der Waals surface area (Å²) in [5, 5.41) is 9.11. The number of aliphatic hydroxyl groups excluding tert-OH is 1. The number of rotatable bonds is 5. The van der Waals surface area contributed by atoms with Gasteiger partial charge in [-0.1, -0.05) is 32.4 Å². The van der Waals surface area contributed by atoms with Gasteiger partial charge >= 0.3 is 0 Å². The van der Waals surface area contributed by atoms with E-state index in [1.807, 2.05) is 18.2 Å². The monoisotopic (exact) mass is 232 g/mol. The van der Waals surface area contributed by atoms with Crippen molar-refractivity contribution >= 4 is 11.0 Å². The Bertz CT molecular complexity index is 490. The van der Waals surface area contributed by atoms with E-state index < -0.39 is 0 Å². The molecule has 0 amide bonds.